The molecule has 1 atom stereocenters. The second-order valence-corrected chi connectivity index (χ2v) is 5.55. The number of aliphatic hydroxyl groups excluding tert-OH is 1. The molecule has 1 aromatic rings. The smallest absolute Gasteiger partial charge is 0.261 e. The molecule has 4 heteroatoms. The van der Waals surface area contributed by atoms with E-state index in [9.17, 15) is 9.90 Å². The van der Waals surface area contributed by atoms with Crippen LogP contribution >= 0.6 is 11.3 Å². The average molecular weight is 227 g/mol. The van der Waals surface area contributed by atoms with Gasteiger partial charge < -0.3 is 10.4 Å². The first kappa shape index (κ1) is 12.2. The number of thiophene rings is 1. The third-order valence-electron chi connectivity index (χ3n) is 2.44. The lowest BCUT2D eigenvalue weighted by Crippen LogP contribution is -2.50. The zero-order valence-corrected chi connectivity index (χ0v) is 10.3. The van der Waals surface area contributed by atoms with E-state index in [0.29, 0.717) is 4.88 Å². The number of carbonyl (C=O) groups excluding carboxylic acids is 1. The predicted octanol–water partition coefficient (Wildman–Crippen LogP) is 1.95. The van der Waals surface area contributed by atoms with Gasteiger partial charge in [-0.25, -0.2) is 0 Å². The highest BCUT2D eigenvalue weighted by Crippen LogP contribution is 2.17. The molecule has 84 valence electrons. The normalized spacial score (nSPS) is 13.7. The lowest BCUT2D eigenvalue weighted by atomic mass is 9.99. The Morgan fingerprint density at radius 2 is 2.13 bits per heavy atom. The number of nitrogens with one attached hydrogen (secondary N) is 1. The maximum Gasteiger partial charge on any atom is 0.261 e. The molecule has 15 heavy (non-hydrogen) atoms. The van der Waals surface area contributed by atoms with Crippen molar-refractivity contribution in [2.45, 2.75) is 39.3 Å². The van der Waals surface area contributed by atoms with Crippen molar-refractivity contribution in [1.29, 1.82) is 0 Å². The van der Waals surface area contributed by atoms with E-state index in [4.69, 9.17) is 0 Å². The number of hydrogen-bond acceptors (Lipinski definition) is 3. The van der Waals surface area contributed by atoms with Gasteiger partial charge in [0.05, 0.1) is 16.5 Å². The summed E-state index contributed by atoms with van der Waals surface area (Å²) in [5, 5.41) is 12.3. The van der Waals surface area contributed by atoms with E-state index in [1.54, 1.807) is 26.8 Å². The summed E-state index contributed by atoms with van der Waals surface area (Å²) >= 11 is 1.45. The van der Waals surface area contributed by atoms with E-state index in [1.807, 2.05) is 13.0 Å². The fourth-order valence-corrected chi connectivity index (χ4v) is 1.78. The lowest BCUT2D eigenvalue weighted by molar-refractivity contribution is 0.0712. The molecule has 0 bridgehead atoms. The Balaban J connectivity index is 2.72. The zero-order chi connectivity index (χ0) is 11.6. The molecular weight excluding hydrogens is 210 g/mol. The van der Waals surface area contributed by atoms with Crippen LogP contribution in [0.25, 0.3) is 0 Å². The molecule has 1 aromatic heterocycles. The summed E-state index contributed by atoms with van der Waals surface area (Å²) in [6.45, 7) is 7.23. The molecule has 0 aliphatic carbocycles. The summed E-state index contributed by atoms with van der Waals surface area (Å²) in [7, 11) is 0. The Morgan fingerprint density at radius 3 is 2.53 bits per heavy atom. The Bertz CT molecular complexity index is 355. The Kier molecular flexibility index (Phi) is 3.52. The van der Waals surface area contributed by atoms with Crippen LogP contribution in [0.5, 0.6) is 0 Å². The first-order valence-electron chi connectivity index (χ1n) is 4.90. The summed E-state index contributed by atoms with van der Waals surface area (Å²) < 4.78 is 0. The number of hydrogen-bond donors (Lipinski definition) is 2. The zero-order valence-electron chi connectivity index (χ0n) is 9.50. The summed E-state index contributed by atoms with van der Waals surface area (Å²) in [6.07, 6.45) is -0.581. The van der Waals surface area contributed by atoms with E-state index < -0.39 is 11.6 Å². The fourth-order valence-electron chi connectivity index (χ4n) is 1.02. The molecule has 0 aromatic carbocycles. The van der Waals surface area contributed by atoms with Crippen LogP contribution in [-0.2, 0) is 0 Å². The Hall–Kier alpha value is -0.870. The van der Waals surface area contributed by atoms with E-state index >= 15 is 0 Å². The molecule has 1 heterocycles. The highest BCUT2D eigenvalue weighted by molar-refractivity contribution is 7.13. The van der Waals surface area contributed by atoms with Crippen LogP contribution in [0.3, 0.4) is 0 Å². The molecule has 1 rings (SSSR count). The van der Waals surface area contributed by atoms with Gasteiger partial charge in [-0.3, -0.25) is 4.79 Å². The Morgan fingerprint density at radius 1 is 1.53 bits per heavy atom. The molecular formula is C11H17NO2S. The molecule has 1 amide bonds. The van der Waals surface area contributed by atoms with Crippen molar-refractivity contribution in [2.24, 2.45) is 0 Å². The van der Waals surface area contributed by atoms with Gasteiger partial charge in [0.25, 0.3) is 5.91 Å². The molecule has 2 N–H and O–H groups in total. The number of aliphatic hydroxyl groups is 1. The van der Waals surface area contributed by atoms with Crippen molar-refractivity contribution in [3.8, 4) is 0 Å². The third kappa shape index (κ3) is 3.04. The van der Waals surface area contributed by atoms with Gasteiger partial charge in [-0.05, 0) is 39.8 Å². The second kappa shape index (κ2) is 4.33. The minimum atomic E-state index is -0.602. The minimum Gasteiger partial charge on any atom is -0.391 e. The second-order valence-electron chi connectivity index (χ2n) is 4.26. The van der Waals surface area contributed by atoms with Crippen molar-refractivity contribution >= 4 is 17.2 Å². The van der Waals surface area contributed by atoms with Crippen LogP contribution in [0, 0.1) is 6.92 Å². The van der Waals surface area contributed by atoms with Gasteiger partial charge in [0.2, 0.25) is 0 Å². The molecule has 1 unspecified atom stereocenters. The van der Waals surface area contributed by atoms with Gasteiger partial charge >= 0.3 is 0 Å². The molecule has 0 saturated carbocycles. The number of carbonyl (C=O) groups is 1. The van der Waals surface area contributed by atoms with Crippen LogP contribution in [0.1, 0.15) is 35.3 Å². The van der Waals surface area contributed by atoms with Crippen molar-refractivity contribution in [3.05, 3.63) is 21.9 Å². The number of amides is 1. The van der Waals surface area contributed by atoms with Gasteiger partial charge in [0, 0.05) is 4.88 Å². The van der Waals surface area contributed by atoms with Gasteiger partial charge in [-0.15, -0.1) is 11.3 Å². The highest BCUT2D eigenvalue weighted by atomic mass is 32.1. The first-order chi connectivity index (χ1) is 6.83. The third-order valence-corrected chi connectivity index (χ3v) is 3.44. The SMILES string of the molecule is Cc1ccc(C(=O)NC(C)(C)C(C)O)s1. The first-order valence-corrected chi connectivity index (χ1v) is 5.71. The van der Waals surface area contributed by atoms with Crippen LogP contribution in [0.2, 0.25) is 0 Å². The maximum atomic E-state index is 11.8. The fraction of sp³-hybridized carbons (Fsp3) is 0.545. The van der Waals surface area contributed by atoms with Gasteiger partial charge in [0.15, 0.2) is 0 Å². The average Bonchev–Trinajstić information content (AvgIpc) is 2.50. The van der Waals surface area contributed by atoms with E-state index in [2.05, 4.69) is 5.32 Å². The number of rotatable bonds is 3. The topological polar surface area (TPSA) is 49.3 Å². The van der Waals surface area contributed by atoms with Gasteiger partial charge in [-0.1, -0.05) is 0 Å². The molecule has 0 saturated heterocycles. The minimum absolute atomic E-state index is 0.126. The predicted molar refractivity (Wildman–Crippen MR) is 62.3 cm³/mol. The molecule has 0 aliphatic rings. The van der Waals surface area contributed by atoms with Gasteiger partial charge in [0.1, 0.15) is 0 Å². The van der Waals surface area contributed by atoms with Crippen molar-refractivity contribution < 1.29 is 9.90 Å². The molecule has 3 nitrogen and oxygen atoms in total. The summed E-state index contributed by atoms with van der Waals surface area (Å²) in [6, 6.07) is 3.71. The van der Waals surface area contributed by atoms with Crippen LogP contribution in [0.15, 0.2) is 12.1 Å². The molecule has 0 radical (unpaired) electrons. The Labute approximate surface area is 94.1 Å². The summed E-state index contributed by atoms with van der Waals surface area (Å²) in [5.41, 5.74) is -0.602. The maximum absolute atomic E-state index is 11.8. The van der Waals surface area contributed by atoms with E-state index in [-0.39, 0.29) is 5.91 Å². The largest absolute Gasteiger partial charge is 0.391 e. The number of aryl methyl sites for hydroxylation is 1. The van der Waals surface area contributed by atoms with Crippen LogP contribution in [0.4, 0.5) is 0 Å². The standard InChI is InChI=1S/C11H17NO2S/c1-7-5-6-9(15-7)10(14)12-11(3,4)8(2)13/h5-6,8,13H,1-4H3,(H,12,14). The quantitative estimate of drug-likeness (QED) is 0.829. The summed E-state index contributed by atoms with van der Waals surface area (Å²) in [4.78, 5) is 13.6. The monoisotopic (exact) mass is 227 g/mol. The van der Waals surface area contributed by atoms with Crippen molar-refractivity contribution in [2.75, 3.05) is 0 Å². The van der Waals surface area contributed by atoms with E-state index in [1.165, 1.54) is 11.3 Å². The molecule has 0 spiro atoms. The lowest BCUT2D eigenvalue weighted by Gasteiger charge is -2.29. The van der Waals surface area contributed by atoms with Gasteiger partial charge in [-0.2, -0.15) is 0 Å². The summed E-state index contributed by atoms with van der Waals surface area (Å²) in [5.74, 6) is -0.126. The van der Waals surface area contributed by atoms with Crippen molar-refractivity contribution in [1.82, 2.24) is 5.32 Å². The van der Waals surface area contributed by atoms with Crippen LogP contribution < -0.4 is 5.32 Å². The van der Waals surface area contributed by atoms with Crippen molar-refractivity contribution in [3.63, 3.8) is 0 Å². The van der Waals surface area contributed by atoms with Crippen LogP contribution in [-0.4, -0.2) is 22.7 Å². The molecule has 0 fully saturated rings. The highest BCUT2D eigenvalue weighted by Gasteiger charge is 2.26. The molecule has 0 aliphatic heterocycles. The van der Waals surface area contributed by atoms with E-state index in [0.717, 1.165) is 4.88 Å².